The summed E-state index contributed by atoms with van der Waals surface area (Å²) < 4.78 is 10.5. The van der Waals surface area contributed by atoms with Crippen LogP contribution in [0.5, 0.6) is 5.75 Å². The maximum atomic E-state index is 5.42. The SMILES string of the molecule is C1=Cc2ccccc2CO1.c1ccc2c(c1)CCCO2. The van der Waals surface area contributed by atoms with Crippen LogP contribution in [0.1, 0.15) is 23.1 Å². The molecule has 0 atom stereocenters. The van der Waals surface area contributed by atoms with Gasteiger partial charge in [-0.25, -0.2) is 0 Å². The van der Waals surface area contributed by atoms with Gasteiger partial charge >= 0.3 is 0 Å². The predicted molar refractivity (Wildman–Crippen MR) is 80.5 cm³/mol. The van der Waals surface area contributed by atoms with E-state index in [0.29, 0.717) is 6.61 Å². The van der Waals surface area contributed by atoms with E-state index in [9.17, 15) is 0 Å². The number of ether oxygens (including phenoxy) is 2. The summed E-state index contributed by atoms with van der Waals surface area (Å²) in [6.45, 7) is 1.60. The van der Waals surface area contributed by atoms with Crippen LogP contribution in [0.25, 0.3) is 6.08 Å². The first-order valence-corrected chi connectivity index (χ1v) is 7.00. The third-order valence-electron chi connectivity index (χ3n) is 3.46. The fourth-order valence-corrected chi connectivity index (χ4v) is 2.38. The molecule has 2 aromatic rings. The molecular weight excluding hydrogens is 248 g/mol. The molecule has 2 aliphatic rings. The lowest BCUT2D eigenvalue weighted by atomic mass is 10.1. The molecule has 0 N–H and O–H groups in total. The van der Waals surface area contributed by atoms with Crippen molar-refractivity contribution in [1.29, 1.82) is 0 Å². The van der Waals surface area contributed by atoms with Crippen LogP contribution in [-0.4, -0.2) is 6.61 Å². The minimum Gasteiger partial charge on any atom is -0.496 e. The quantitative estimate of drug-likeness (QED) is 0.711. The number of aryl methyl sites for hydroxylation is 1. The topological polar surface area (TPSA) is 18.5 Å². The van der Waals surface area contributed by atoms with E-state index in [2.05, 4.69) is 24.3 Å². The van der Waals surface area contributed by atoms with E-state index in [0.717, 1.165) is 18.8 Å². The van der Waals surface area contributed by atoms with E-state index in [1.807, 2.05) is 30.3 Å². The van der Waals surface area contributed by atoms with Gasteiger partial charge in [-0.3, -0.25) is 0 Å². The average Bonchev–Trinajstić information content (AvgIpc) is 2.56. The Morgan fingerprint density at radius 3 is 2.50 bits per heavy atom. The van der Waals surface area contributed by atoms with Crippen molar-refractivity contribution in [1.82, 2.24) is 0 Å². The Morgan fingerprint density at radius 2 is 1.65 bits per heavy atom. The van der Waals surface area contributed by atoms with Crippen molar-refractivity contribution in [3.63, 3.8) is 0 Å². The minimum atomic E-state index is 0.715. The molecule has 2 heterocycles. The molecule has 0 bridgehead atoms. The van der Waals surface area contributed by atoms with Gasteiger partial charge < -0.3 is 9.47 Å². The standard InChI is InChI=1S/C9H10O.C9H8O/c1-2-6-9-8(4-1)5-3-7-10-9;1-2-4-9-7-10-6-5-8(9)3-1/h1-2,4,6H,3,5,7H2;1-6H,7H2. The summed E-state index contributed by atoms with van der Waals surface area (Å²) in [6, 6.07) is 16.5. The van der Waals surface area contributed by atoms with Crippen molar-refractivity contribution < 1.29 is 9.47 Å². The number of fused-ring (bicyclic) bond motifs is 2. The first kappa shape index (κ1) is 12.8. The van der Waals surface area contributed by atoms with Crippen LogP contribution in [0.15, 0.2) is 54.8 Å². The van der Waals surface area contributed by atoms with Gasteiger partial charge in [0.1, 0.15) is 12.4 Å². The highest BCUT2D eigenvalue weighted by Gasteiger charge is 2.07. The summed E-state index contributed by atoms with van der Waals surface area (Å²) >= 11 is 0. The molecule has 0 amide bonds. The summed E-state index contributed by atoms with van der Waals surface area (Å²) in [5.74, 6) is 1.08. The molecule has 0 spiro atoms. The van der Waals surface area contributed by atoms with Gasteiger partial charge in [-0.15, -0.1) is 0 Å². The predicted octanol–water partition coefficient (Wildman–Crippen LogP) is 4.20. The lowest BCUT2D eigenvalue weighted by molar-refractivity contribution is 0.234. The molecular formula is C18H18O2. The van der Waals surface area contributed by atoms with Gasteiger partial charge in [0.05, 0.1) is 12.9 Å². The van der Waals surface area contributed by atoms with Gasteiger partial charge in [-0.2, -0.15) is 0 Å². The van der Waals surface area contributed by atoms with Crippen LogP contribution in [0.3, 0.4) is 0 Å². The molecule has 4 rings (SSSR count). The Hall–Kier alpha value is -2.22. The van der Waals surface area contributed by atoms with Crippen molar-refractivity contribution >= 4 is 6.08 Å². The van der Waals surface area contributed by atoms with Gasteiger partial charge in [0, 0.05) is 0 Å². The van der Waals surface area contributed by atoms with E-state index in [1.54, 1.807) is 6.26 Å². The fourth-order valence-electron chi connectivity index (χ4n) is 2.38. The van der Waals surface area contributed by atoms with E-state index in [1.165, 1.54) is 23.1 Å². The van der Waals surface area contributed by atoms with E-state index in [4.69, 9.17) is 9.47 Å². The average molecular weight is 266 g/mol. The molecule has 0 radical (unpaired) electrons. The summed E-state index contributed by atoms with van der Waals surface area (Å²) in [5.41, 5.74) is 3.90. The van der Waals surface area contributed by atoms with E-state index >= 15 is 0 Å². The maximum absolute atomic E-state index is 5.42. The van der Waals surface area contributed by atoms with Crippen molar-refractivity contribution in [2.24, 2.45) is 0 Å². The number of hydrogen-bond donors (Lipinski definition) is 0. The van der Waals surface area contributed by atoms with Crippen LogP contribution < -0.4 is 4.74 Å². The first-order valence-electron chi connectivity index (χ1n) is 7.00. The molecule has 20 heavy (non-hydrogen) atoms. The van der Waals surface area contributed by atoms with Gasteiger partial charge in [-0.1, -0.05) is 42.5 Å². The summed E-state index contributed by atoms with van der Waals surface area (Å²) in [5, 5.41) is 0. The smallest absolute Gasteiger partial charge is 0.122 e. The van der Waals surface area contributed by atoms with Crippen LogP contribution in [0.4, 0.5) is 0 Å². The Kier molecular flexibility index (Phi) is 4.02. The third kappa shape index (κ3) is 3.02. The lowest BCUT2D eigenvalue weighted by Crippen LogP contribution is -2.07. The highest BCUT2D eigenvalue weighted by Crippen LogP contribution is 2.23. The zero-order valence-electron chi connectivity index (χ0n) is 11.4. The van der Waals surface area contributed by atoms with Crippen LogP contribution in [0.2, 0.25) is 0 Å². The molecule has 2 nitrogen and oxygen atoms in total. The Labute approximate surface area is 119 Å². The van der Waals surface area contributed by atoms with Gasteiger partial charge in [0.25, 0.3) is 0 Å². The zero-order valence-corrected chi connectivity index (χ0v) is 11.4. The Balaban J connectivity index is 0.000000121. The van der Waals surface area contributed by atoms with Gasteiger partial charge in [-0.05, 0) is 41.7 Å². The second kappa shape index (κ2) is 6.29. The molecule has 2 aromatic carbocycles. The van der Waals surface area contributed by atoms with Crippen molar-refractivity contribution in [2.45, 2.75) is 19.4 Å². The molecule has 102 valence electrons. The normalized spacial score (nSPS) is 14.8. The Morgan fingerprint density at radius 1 is 0.850 bits per heavy atom. The third-order valence-corrected chi connectivity index (χ3v) is 3.46. The summed E-state index contributed by atoms with van der Waals surface area (Å²) in [4.78, 5) is 0. The first-order chi connectivity index (χ1) is 9.93. The number of benzene rings is 2. The van der Waals surface area contributed by atoms with E-state index < -0.39 is 0 Å². The maximum Gasteiger partial charge on any atom is 0.122 e. The second-order valence-corrected chi connectivity index (χ2v) is 4.87. The molecule has 0 saturated heterocycles. The van der Waals surface area contributed by atoms with Gasteiger partial charge in [0.15, 0.2) is 0 Å². The van der Waals surface area contributed by atoms with Crippen molar-refractivity contribution in [2.75, 3.05) is 6.61 Å². The summed E-state index contributed by atoms with van der Waals surface area (Å²) in [7, 11) is 0. The second-order valence-electron chi connectivity index (χ2n) is 4.87. The molecule has 0 aliphatic carbocycles. The fraction of sp³-hybridized carbons (Fsp3) is 0.222. The molecule has 0 unspecified atom stereocenters. The minimum absolute atomic E-state index is 0.715. The van der Waals surface area contributed by atoms with Gasteiger partial charge in [0.2, 0.25) is 0 Å². The van der Waals surface area contributed by atoms with Crippen LogP contribution in [0, 0.1) is 0 Å². The molecule has 0 aromatic heterocycles. The lowest BCUT2D eigenvalue weighted by Gasteiger charge is -2.15. The number of rotatable bonds is 0. The monoisotopic (exact) mass is 266 g/mol. The molecule has 0 fully saturated rings. The molecule has 2 heteroatoms. The highest BCUT2D eigenvalue weighted by molar-refractivity contribution is 5.53. The summed E-state index contributed by atoms with van der Waals surface area (Å²) in [6.07, 6.45) is 6.06. The van der Waals surface area contributed by atoms with E-state index in [-0.39, 0.29) is 0 Å². The number of hydrogen-bond acceptors (Lipinski definition) is 2. The molecule has 2 aliphatic heterocycles. The van der Waals surface area contributed by atoms with Crippen LogP contribution in [-0.2, 0) is 17.8 Å². The number of para-hydroxylation sites is 1. The largest absolute Gasteiger partial charge is 0.496 e. The zero-order chi connectivity index (χ0) is 13.6. The van der Waals surface area contributed by atoms with Crippen molar-refractivity contribution in [3.8, 4) is 5.75 Å². The van der Waals surface area contributed by atoms with Crippen LogP contribution >= 0.6 is 0 Å². The highest BCUT2D eigenvalue weighted by atomic mass is 16.5. The van der Waals surface area contributed by atoms with Crippen molar-refractivity contribution in [3.05, 3.63) is 71.5 Å². The Bertz CT molecular complexity index is 577. The molecule has 0 saturated carbocycles.